The van der Waals surface area contributed by atoms with E-state index in [0.717, 1.165) is 12.2 Å². The molecule has 0 saturated heterocycles. The topological polar surface area (TPSA) is 50.1 Å². The smallest absolute Gasteiger partial charge is 0.315 e. The molecule has 0 heterocycles. The van der Waals surface area contributed by atoms with E-state index >= 15 is 0 Å². The summed E-state index contributed by atoms with van der Waals surface area (Å²) in [4.78, 5) is 10.8. The third-order valence-electron chi connectivity index (χ3n) is 1.10. The van der Waals surface area contributed by atoms with E-state index in [2.05, 4.69) is 6.07 Å². The maximum Gasteiger partial charge on any atom is 0.315 e. The van der Waals surface area contributed by atoms with Crippen molar-refractivity contribution in [1.29, 1.82) is 5.26 Å². The molecule has 0 aromatic carbocycles. The lowest BCUT2D eigenvalue weighted by molar-refractivity contribution is -0.139. The fourth-order valence-corrected chi connectivity index (χ4v) is 1.35. The zero-order valence-electron chi connectivity index (χ0n) is 7.21. The van der Waals surface area contributed by atoms with E-state index in [1.807, 2.05) is 0 Å². The molecule has 0 aliphatic carbocycles. The average Bonchev–Trinajstić information content (AvgIpc) is 2.05. The maximum absolute atomic E-state index is 10.8. The van der Waals surface area contributed by atoms with Crippen molar-refractivity contribution in [3.63, 3.8) is 0 Å². The van der Waals surface area contributed by atoms with Crippen LogP contribution in [0.5, 0.6) is 0 Å². The fraction of sp³-hybridized carbons (Fsp3) is 0.750. The van der Waals surface area contributed by atoms with Crippen LogP contribution >= 0.6 is 11.8 Å². The first kappa shape index (κ1) is 11.3. The minimum absolute atomic E-state index is 0.167. The first-order valence-electron chi connectivity index (χ1n) is 3.91. The fourth-order valence-electron chi connectivity index (χ4n) is 0.611. The third-order valence-corrected chi connectivity index (χ3v) is 2.12. The number of esters is 1. The van der Waals surface area contributed by atoms with Crippen LogP contribution in [0.25, 0.3) is 0 Å². The van der Waals surface area contributed by atoms with Gasteiger partial charge in [0.25, 0.3) is 0 Å². The molecule has 0 spiro atoms. The molecular weight excluding hydrogens is 174 g/mol. The van der Waals surface area contributed by atoms with Crippen LogP contribution in [0.1, 0.15) is 19.8 Å². The molecule has 0 fully saturated rings. The molecule has 68 valence electrons. The van der Waals surface area contributed by atoms with E-state index in [9.17, 15) is 4.79 Å². The number of rotatable bonds is 6. The number of nitriles is 1. The average molecular weight is 187 g/mol. The molecule has 0 rings (SSSR count). The van der Waals surface area contributed by atoms with Crippen molar-refractivity contribution in [1.82, 2.24) is 0 Å². The monoisotopic (exact) mass is 187 g/mol. The summed E-state index contributed by atoms with van der Waals surface area (Å²) >= 11 is 1.52. The standard InChI is InChI=1S/C8H13NO2S/c1-2-11-8(10)7-12-6-4-3-5-9/h2-4,6-7H2,1H3. The molecule has 0 aliphatic rings. The van der Waals surface area contributed by atoms with Crippen molar-refractivity contribution in [3.8, 4) is 6.07 Å². The van der Waals surface area contributed by atoms with Crippen LogP contribution in [0.3, 0.4) is 0 Å². The van der Waals surface area contributed by atoms with E-state index in [1.54, 1.807) is 6.92 Å². The van der Waals surface area contributed by atoms with Crippen LogP contribution in [-0.4, -0.2) is 24.1 Å². The Kier molecular flexibility index (Phi) is 7.92. The van der Waals surface area contributed by atoms with Gasteiger partial charge in [0, 0.05) is 6.42 Å². The van der Waals surface area contributed by atoms with E-state index in [4.69, 9.17) is 10.00 Å². The Bertz CT molecular complexity index is 165. The van der Waals surface area contributed by atoms with Crippen LogP contribution in [0.2, 0.25) is 0 Å². The highest BCUT2D eigenvalue weighted by Crippen LogP contribution is 2.04. The third kappa shape index (κ3) is 7.42. The Hall–Kier alpha value is -0.690. The Labute approximate surface area is 77.1 Å². The Morgan fingerprint density at radius 2 is 2.42 bits per heavy atom. The van der Waals surface area contributed by atoms with Gasteiger partial charge in [-0.1, -0.05) is 0 Å². The first-order chi connectivity index (χ1) is 5.81. The van der Waals surface area contributed by atoms with Gasteiger partial charge < -0.3 is 4.74 Å². The number of carbonyl (C=O) groups is 1. The molecule has 0 amide bonds. The molecule has 0 aliphatic heterocycles. The molecule has 0 atom stereocenters. The number of unbranched alkanes of at least 4 members (excludes halogenated alkanes) is 1. The lowest BCUT2D eigenvalue weighted by atomic mass is 10.4. The number of ether oxygens (including phenoxy) is 1. The molecule has 0 aromatic heterocycles. The summed E-state index contributed by atoms with van der Waals surface area (Å²) in [6.45, 7) is 2.23. The predicted molar refractivity (Wildman–Crippen MR) is 48.8 cm³/mol. The molecule has 12 heavy (non-hydrogen) atoms. The zero-order valence-corrected chi connectivity index (χ0v) is 8.02. The van der Waals surface area contributed by atoms with Gasteiger partial charge >= 0.3 is 5.97 Å². The van der Waals surface area contributed by atoms with Gasteiger partial charge in [0.05, 0.1) is 18.4 Å². The zero-order chi connectivity index (χ0) is 9.23. The molecule has 0 saturated carbocycles. The van der Waals surface area contributed by atoms with Gasteiger partial charge in [0.1, 0.15) is 0 Å². The van der Waals surface area contributed by atoms with Crippen LogP contribution in [0.15, 0.2) is 0 Å². The van der Waals surface area contributed by atoms with Crippen molar-refractivity contribution in [2.24, 2.45) is 0 Å². The van der Waals surface area contributed by atoms with Crippen molar-refractivity contribution >= 4 is 17.7 Å². The normalized spacial score (nSPS) is 9.00. The van der Waals surface area contributed by atoms with Crippen molar-refractivity contribution in [2.75, 3.05) is 18.1 Å². The number of carbonyl (C=O) groups excluding carboxylic acids is 1. The minimum atomic E-state index is -0.167. The Morgan fingerprint density at radius 3 is 3.00 bits per heavy atom. The lowest BCUT2D eigenvalue weighted by Crippen LogP contribution is -2.06. The number of nitrogens with zero attached hydrogens (tertiary/aromatic N) is 1. The van der Waals surface area contributed by atoms with E-state index < -0.39 is 0 Å². The molecule has 3 nitrogen and oxygen atoms in total. The number of hydrogen-bond donors (Lipinski definition) is 0. The van der Waals surface area contributed by atoms with Crippen molar-refractivity contribution < 1.29 is 9.53 Å². The van der Waals surface area contributed by atoms with Gasteiger partial charge in [-0.05, 0) is 19.1 Å². The summed E-state index contributed by atoms with van der Waals surface area (Å²) in [7, 11) is 0. The Balaban J connectivity index is 3.09. The predicted octanol–water partition coefficient (Wildman–Crippen LogP) is 1.59. The SMILES string of the molecule is CCOC(=O)CSCCCC#N. The maximum atomic E-state index is 10.8. The summed E-state index contributed by atoms with van der Waals surface area (Å²) in [5, 5.41) is 8.21. The molecule has 0 unspecified atom stereocenters. The molecular formula is C8H13NO2S. The van der Waals surface area contributed by atoms with Crippen LogP contribution in [-0.2, 0) is 9.53 Å². The van der Waals surface area contributed by atoms with Gasteiger partial charge in [-0.15, -0.1) is 0 Å². The molecule has 4 heteroatoms. The highest BCUT2D eigenvalue weighted by Gasteiger charge is 1.99. The van der Waals surface area contributed by atoms with E-state index in [0.29, 0.717) is 18.8 Å². The molecule has 0 radical (unpaired) electrons. The van der Waals surface area contributed by atoms with Crippen LogP contribution in [0, 0.1) is 11.3 Å². The number of thioether (sulfide) groups is 1. The van der Waals surface area contributed by atoms with E-state index in [1.165, 1.54) is 11.8 Å². The van der Waals surface area contributed by atoms with Gasteiger partial charge in [0.15, 0.2) is 0 Å². The summed E-state index contributed by atoms with van der Waals surface area (Å²) < 4.78 is 4.72. The van der Waals surface area contributed by atoms with Gasteiger partial charge in [-0.3, -0.25) is 4.79 Å². The first-order valence-corrected chi connectivity index (χ1v) is 5.07. The van der Waals surface area contributed by atoms with Crippen LogP contribution < -0.4 is 0 Å². The molecule has 0 N–H and O–H groups in total. The molecule has 0 bridgehead atoms. The quantitative estimate of drug-likeness (QED) is 0.468. The van der Waals surface area contributed by atoms with Crippen LogP contribution in [0.4, 0.5) is 0 Å². The second-order valence-corrected chi connectivity index (χ2v) is 3.22. The summed E-state index contributed by atoms with van der Waals surface area (Å²) in [6.07, 6.45) is 1.41. The Morgan fingerprint density at radius 1 is 1.67 bits per heavy atom. The van der Waals surface area contributed by atoms with Gasteiger partial charge in [-0.25, -0.2) is 0 Å². The minimum Gasteiger partial charge on any atom is -0.465 e. The summed E-state index contributed by atoms with van der Waals surface area (Å²) in [5.74, 6) is 1.09. The summed E-state index contributed by atoms with van der Waals surface area (Å²) in [5.41, 5.74) is 0. The van der Waals surface area contributed by atoms with Crippen molar-refractivity contribution in [3.05, 3.63) is 0 Å². The molecule has 0 aromatic rings. The second-order valence-electron chi connectivity index (χ2n) is 2.12. The highest BCUT2D eigenvalue weighted by molar-refractivity contribution is 7.99. The second kappa shape index (κ2) is 8.41. The van der Waals surface area contributed by atoms with Gasteiger partial charge in [-0.2, -0.15) is 17.0 Å². The van der Waals surface area contributed by atoms with Gasteiger partial charge in [0.2, 0.25) is 0 Å². The largest absolute Gasteiger partial charge is 0.465 e. The lowest BCUT2D eigenvalue weighted by Gasteiger charge is -1.99. The van der Waals surface area contributed by atoms with E-state index in [-0.39, 0.29) is 5.97 Å². The van der Waals surface area contributed by atoms with Crippen molar-refractivity contribution in [2.45, 2.75) is 19.8 Å². The number of hydrogen-bond acceptors (Lipinski definition) is 4. The summed E-state index contributed by atoms with van der Waals surface area (Å²) in [6, 6.07) is 2.05. The highest BCUT2D eigenvalue weighted by atomic mass is 32.2.